The molecule has 0 aliphatic heterocycles. The van der Waals surface area contributed by atoms with Crippen LogP contribution < -0.4 is 0 Å². The fourth-order valence-electron chi connectivity index (χ4n) is 1.18. The highest BCUT2D eigenvalue weighted by Crippen LogP contribution is 2.27. The topological polar surface area (TPSA) is 76.4 Å². The first-order valence-electron chi connectivity index (χ1n) is 5.95. The summed E-state index contributed by atoms with van der Waals surface area (Å²) in [6.07, 6.45) is 0.119. The summed E-state index contributed by atoms with van der Waals surface area (Å²) in [6, 6.07) is 1.92. The standard InChI is InChI=1S/C13H21NO4/c1-6-17-10(15)7-8-13(5,9-14)11(16)18-12(2,3)4/h6-8H2,1-5H3. The molecule has 1 unspecified atom stereocenters. The van der Waals surface area contributed by atoms with Crippen molar-refractivity contribution in [2.24, 2.45) is 5.41 Å². The Balaban J connectivity index is 4.58. The summed E-state index contributed by atoms with van der Waals surface area (Å²) >= 11 is 0. The first-order chi connectivity index (χ1) is 8.14. The van der Waals surface area contributed by atoms with Gasteiger partial charge < -0.3 is 9.47 Å². The van der Waals surface area contributed by atoms with Gasteiger partial charge in [0.25, 0.3) is 0 Å². The van der Waals surface area contributed by atoms with Crippen molar-refractivity contribution in [1.82, 2.24) is 0 Å². The largest absolute Gasteiger partial charge is 0.466 e. The number of carbonyl (C=O) groups is 2. The number of hydrogen-bond donors (Lipinski definition) is 0. The van der Waals surface area contributed by atoms with Crippen LogP contribution >= 0.6 is 0 Å². The number of rotatable bonds is 5. The van der Waals surface area contributed by atoms with Crippen molar-refractivity contribution in [1.29, 1.82) is 5.26 Å². The first kappa shape index (κ1) is 16.4. The van der Waals surface area contributed by atoms with Gasteiger partial charge in [0.05, 0.1) is 12.7 Å². The Bertz CT molecular complexity index is 351. The van der Waals surface area contributed by atoms with Gasteiger partial charge in [0.2, 0.25) is 0 Å². The number of nitriles is 1. The third kappa shape index (κ3) is 5.67. The van der Waals surface area contributed by atoms with Crippen molar-refractivity contribution in [3.63, 3.8) is 0 Å². The van der Waals surface area contributed by atoms with Gasteiger partial charge >= 0.3 is 11.9 Å². The van der Waals surface area contributed by atoms with Crippen LogP contribution in [0.2, 0.25) is 0 Å². The number of esters is 2. The van der Waals surface area contributed by atoms with Gasteiger partial charge in [-0.15, -0.1) is 0 Å². The first-order valence-corrected chi connectivity index (χ1v) is 5.95. The van der Waals surface area contributed by atoms with E-state index in [4.69, 9.17) is 14.7 Å². The average Bonchev–Trinajstić information content (AvgIpc) is 2.24. The lowest BCUT2D eigenvalue weighted by Crippen LogP contribution is -2.35. The van der Waals surface area contributed by atoms with Crippen molar-refractivity contribution in [3.8, 4) is 6.07 Å². The van der Waals surface area contributed by atoms with Crippen LogP contribution in [0.15, 0.2) is 0 Å². The molecule has 5 nitrogen and oxygen atoms in total. The molecule has 18 heavy (non-hydrogen) atoms. The zero-order chi connectivity index (χ0) is 14.4. The van der Waals surface area contributed by atoms with Crippen LogP contribution in [0, 0.1) is 16.7 Å². The molecular weight excluding hydrogens is 234 g/mol. The van der Waals surface area contributed by atoms with E-state index in [1.807, 2.05) is 6.07 Å². The highest BCUT2D eigenvalue weighted by molar-refractivity contribution is 5.81. The van der Waals surface area contributed by atoms with Crippen molar-refractivity contribution < 1.29 is 19.1 Å². The lowest BCUT2D eigenvalue weighted by Gasteiger charge is -2.26. The van der Waals surface area contributed by atoms with Crippen molar-refractivity contribution in [2.75, 3.05) is 6.61 Å². The van der Waals surface area contributed by atoms with Crippen LogP contribution in [0.4, 0.5) is 0 Å². The van der Waals surface area contributed by atoms with Crippen LogP contribution in [0.25, 0.3) is 0 Å². The maximum absolute atomic E-state index is 11.9. The number of ether oxygens (including phenoxy) is 2. The normalized spacial score (nSPS) is 14.2. The molecule has 0 spiro atoms. The summed E-state index contributed by atoms with van der Waals surface area (Å²) < 4.78 is 9.93. The van der Waals surface area contributed by atoms with Gasteiger partial charge in [-0.2, -0.15) is 5.26 Å². The minimum atomic E-state index is -1.32. The molecular formula is C13H21NO4. The summed E-state index contributed by atoms with van der Waals surface area (Å²) in [7, 11) is 0. The zero-order valence-corrected chi connectivity index (χ0v) is 11.7. The Morgan fingerprint density at radius 3 is 2.17 bits per heavy atom. The quantitative estimate of drug-likeness (QED) is 0.704. The van der Waals surface area contributed by atoms with E-state index in [2.05, 4.69) is 0 Å². The van der Waals surface area contributed by atoms with Crippen LogP contribution in [-0.2, 0) is 19.1 Å². The third-order valence-electron chi connectivity index (χ3n) is 2.23. The second-order valence-electron chi connectivity index (χ2n) is 5.25. The molecule has 0 aromatic carbocycles. The van der Waals surface area contributed by atoms with Gasteiger partial charge in [0.1, 0.15) is 5.60 Å². The van der Waals surface area contributed by atoms with Crippen molar-refractivity contribution in [2.45, 2.75) is 53.1 Å². The third-order valence-corrected chi connectivity index (χ3v) is 2.23. The molecule has 0 saturated carbocycles. The van der Waals surface area contributed by atoms with E-state index < -0.39 is 23.0 Å². The lowest BCUT2D eigenvalue weighted by molar-refractivity contribution is -0.164. The summed E-state index contributed by atoms with van der Waals surface area (Å²) in [4.78, 5) is 23.1. The van der Waals surface area contributed by atoms with E-state index in [0.717, 1.165) is 0 Å². The predicted octanol–water partition coefficient (Wildman–Crippen LogP) is 2.20. The molecule has 1 atom stereocenters. The molecule has 0 aromatic rings. The van der Waals surface area contributed by atoms with Crippen molar-refractivity contribution >= 4 is 11.9 Å². The van der Waals surface area contributed by atoms with Gasteiger partial charge in [-0.1, -0.05) is 0 Å². The Morgan fingerprint density at radius 1 is 1.22 bits per heavy atom. The Labute approximate surface area is 108 Å². The second kappa shape index (κ2) is 6.39. The van der Waals surface area contributed by atoms with E-state index >= 15 is 0 Å². The summed E-state index contributed by atoms with van der Waals surface area (Å²) in [5.74, 6) is -1.02. The number of carbonyl (C=O) groups excluding carboxylic acids is 2. The summed E-state index contributed by atoms with van der Waals surface area (Å²) in [5.41, 5.74) is -1.97. The van der Waals surface area contributed by atoms with Crippen LogP contribution in [0.1, 0.15) is 47.5 Å². The van der Waals surface area contributed by atoms with Gasteiger partial charge in [-0.05, 0) is 41.0 Å². The SMILES string of the molecule is CCOC(=O)CCC(C)(C#N)C(=O)OC(C)(C)C. The van der Waals surface area contributed by atoms with Crippen LogP contribution in [0.3, 0.4) is 0 Å². The van der Waals surface area contributed by atoms with E-state index in [1.54, 1.807) is 27.7 Å². The predicted molar refractivity (Wildman–Crippen MR) is 65.4 cm³/mol. The minimum Gasteiger partial charge on any atom is -0.466 e. The Kier molecular flexibility index (Phi) is 5.83. The molecule has 0 aromatic heterocycles. The molecule has 0 fully saturated rings. The fraction of sp³-hybridized carbons (Fsp3) is 0.769. The molecule has 102 valence electrons. The van der Waals surface area contributed by atoms with E-state index in [1.165, 1.54) is 6.92 Å². The highest BCUT2D eigenvalue weighted by atomic mass is 16.6. The van der Waals surface area contributed by atoms with Crippen LogP contribution in [-0.4, -0.2) is 24.1 Å². The molecule has 0 amide bonds. The molecule has 0 rings (SSSR count). The van der Waals surface area contributed by atoms with Gasteiger partial charge in [0.15, 0.2) is 5.41 Å². The monoisotopic (exact) mass is 255 g/mol. The molecule has 5 heteroatoms. The molecule has 0 N–H and O–H groups in total. The van der Waals surface area contributed by atoms with Gasteiger partial charge in [-0.3, -0.25) is 9.59 Å². The van der Waals surface area contributed by atoms with E-state index in [9.17, 15) is 9.59 Å². The molecule has 0 aliphatic rings. The van der Waals surface area contributed by atoms with Crippen LogP contribution in [0.5, 0.6) is 0 Å². The smallest absolute Gasteiger partial charge is 0.326 e. The molecule has 0 saturated heterocycles. The molecule has 0 aliphatic carbocycles. The molecule has 0 bridgehead atoms. The second-order valence-corrected chi connectivity index (χ2v) is 5.25. The minimum absolute atomic E-state index is 0.0249. The maximum atomic E-state index is 11.9. The number of hydrogen-bond acceptors (Lipinski definition) is 5. The number of nitrogens with zero attached hydrogens (tertiary/aromatic N) is 1. The Morgan fingerprint density at radius 2 is 1.78 bits per heavy atom. The summed E-state index contributed by atoms with van der Waals surface area (Å²) in [5, 5.41) is 9.09. The fourth-order valence-corrected chi connectivity index (χ4v) is 1.18. The lowest BCUT2D eigenvalue weighted by atomic mass is 9.87. The molecule has 0 radical (unpaired) electrons. The van der Waals surface area contributed by atoms with E-state index in [-0.39, 0.29) is 19.4 Å². The van der Waals surface area contributed by atoms with Gasteiger partial charge in [-0.25, -0.2) is 0 Å². The maximum Gasteiger partial charge on any atom is 0.326 e. The highest BCUT2D eigenvalue weighted by Gasteiger charge is 2.37. The van der Waals surface area contributed by atoms with Gasteiger partial charge in [0, 0.05) is 6.42 Å². The average molecular weight is 255 g/mol. The van der Waals surface area contributed by atoms with E-state index in [0.29, 0.717) is 0 Å². The molecule has 0 heterocycles. The Hall–Kier alpha value is -1.57. The summed E-state index contributed by atoms with van der Waals surface area (Å²) in [6.45, 7) is 8.65. The zero-order valence-electron chi connectivity index (χ0n) is 11.7. The van der Waals surface area contributed by atoms with Crippen molar-refractivity contribution in [3.05, 3.63) is 0 Å².